The van der Waals surface area contributed by atoms with E-state index in [0.717, 1.165) is 23.6 Å². The number of aryl methyl sites for hydroxylation is 1. The van der Waals surface area contributed by atoms with Crippen molar-refractivity contribution in [3.63, 3.8) is 0 Å². The summed E-state index contributed by atoms with van der Waals surface area (Å²) in [6.07, 6.45) is 2.65. The van der Waals surface area contributed by atoms with Crippen molar-refractivity contribution in [2.24, 2.45) is 5.73 Å². The second-order valence-electron chi connectivity index (χ2n) is 3.03. The molecule has 0 radical (unpaired) electrons. The summed E-state index contributed by atoms with van der Waals surface area (Å²) in [5, 5.41) is 0. The quantitative estimate of drug-likeness (QED) is 0.571. The molecule has 0 spiro atoms. The molecule has 1 rings (SSSR count). The van der Waals surface area contributed by atoms with Crippen molar-refractivity contribution in [1.82, 2.24) is 4.98 Å². The molecule has 0 aliphatic rings. The van der Waals surface area contributed by atoms with Gasteiger partial charge in [0.25, 0.3) is 0 Å². The van der Waals surface area contributed by atoms with Crippen LogP contribution in [-0.4, -0.2) is 11.6 Å². The SMILES string of the molecule is C=CCCOc1ccc(C)nc1CN. The highest BCUT2D eigenvalue weighted by atomic mass is 16.5. The number of ether oxygens (including phenoxy) is 1. The average Bonchev–Trinajstić information content (AvgIpc) is 2.20. The van der Waals surface area contributed by atoms with Crippen LogP contribution in [0, 0.1) is 6.92 Å². The minimum absolute atomic E-state index is 0.408. The van der Waals surface area contributed by atoms with Gasteiger partial charge in [-0.05, 0) is 25.5 Å². The molecule has 1 heterocycles. The van der Waals surface area contributed by atoms with E-state index in [1.165, 1.54) is 0 Å². The van der Waals surface area contributed by atoms with Crippen LogP contribution in [0.3, 0.4) is 0 Å². The first-order valence-electron chi connectivity index (χ1n) is 4.68. The summed E-state index contributed by atoms with van der Waals surface area (Å²) in [5.74, 6) is 0.778. The molecule has 3 nitrogen and oxygen atoms in total. The lowest BCUT2D eigenvalue weighted by Crippen LogP contribution is -2.06. The maximum atomic E-state index is 5.56. The standard InChI is InChI=1S/C11H16N2O/c1-3-4-7-14-11-6-5-9(2)13-10(11)8-12/h3,5-6H,1,4,7-8,12H2,2H3. The molecule has 0 aliphatic carbocycles. The Morgan fingerprint density at radius 1 is 1.57 bits per heavy atom. The Labute approximate surface area is 84.6 Å². The fraction of sp³-hybridized carbons (Fsp3) is 0.364. The number of pyridine rings is 1. The van der Waals surface area contributed by atoms with E-state index in [1.54, 1.807) is 0 Å². The second-order valence-corrected chi connectivity index (χ2v) is 3.03. The van der Waals surface area contributed by atoms with Crippen LogP contribution in [0.1, 0.15) is 17.8 Å². The molecule has 0 fully saturated rings. The predicted octanol–water partition coefficient (Wildman–Crippen LogP) is 1.80. The van der Waals surface area contributed by atoms with Crippen molar-refractivity contribution >= 4 is 0 Å². The van der Waals surface area contributed by atoms with Gasteiger partial charge in [0.1, 0.15) is 5.75 Å². The molecule has 0 saturated heterocycles. The zero-order valence-corrected chi connectivity index (χ0v) is 8.49. The number of aromatic nitrogens is 1. The normalized spacial score (nSPS) is 9.86. The summed E-state index contributed by atoms with van der Waals surface area (Å²) in [7, 11) is 0. The number of hydrogen-bond acceptors (Lipinski definition) is 3. The summed E-state index contributed by atoms with van der Waals surface area (Å²) >= 11 is 0. The van der Waals surface area contributed by atoms with E-state index in [0.29, 0.717) is 13.2 Å². The molecule has 0 aromatic carbocycles. The van der Waals surface area contributed by atoms with Gasteiger partial charge >= 0.3 is 0 Å². The summed E-state index contributed by atoms with van der Waals surface area (Å²) in [5.41, 5.74) is 7.33. The van der Waals surface area contributed by atoms with E-state index in [9.17, 15) is 0 Å². The molecule has 2 N–H and O–H groups in total. The van der Waals surface area contributed by atoms with Gasteiger partial charge in [-0.3, -0.25) is 4.98 Å². The van der Waals surface area contributed by atoms with Gasteiger partial charge < -0.3 is 10.5 Å². The molecule has 0 aliphatic heterocycles. The molecular weight excluding hydrogens is 176 g/mol. The molecular formula is C11H16N2O. The van der Waals surface area contributed by atoms with Crippen molar-refractivity contribution in [2.75, 3.05) is 6.61 Å². The van der Waals surface area contributed by atoms with Crippen molar-refractivity contribution < 1.29 is 4.74 Å². The third-order valence-corrected chi connectivity index (χ3v) is 1.84. The Morgan fingerprint density at radius 2 is 2.36 bits per heavy atom. The molecule has 76 valence electrons. The first kappa shape index (κ1) is 10.7. The third-order valence-electron chi connectivity index (χ3n) is 1.84. The number of nitrogens with zero attached hydrogens (tertiary/aromatic N) is 1. The van der Waals surface area contributed by atoms with Crippen LogP contribution in [-0.2, 0) is 6.54 Å². The second kappa shape index (κ2) is 5.40. The van der Waals surface area contributed by atoms with Crippen LogP contribution in [0.15, 0.2) is 24.8 Å². The number of rotatable bonds is 5. The number of nitrogens with two attached hydrogens (primary N) is 1. The van der Waals surface area contributed by atoms with Gasteiger partial charge in [0.2, 0.25) is 0 Å². The van der Waals surface area contributed by atoms with E-state index in [-0.39, 0.29) is 0 Å². The first-order valence-corrected chi connectivity index (χ1v) is 4.68. The predicted molar refractivity (Wildman–Crippen MR) is 57.2 cm³/mol. The average molecular weight is 192 g/mol. The first-order chi connectivity index (χ1) is 6.77. The van der Waals surface area contributed by atoms with E-state index in [2.05, 4.69) is 11.6 Å². The zero-order chi connectivity index (χ0) is 10.4. The smallest absolute Gasteiger partial charge is 0.142 e. The highest BCUT2D eigenvalue weighted by Gasteiger charge is 2.02. The topological polar surface area (TPSA) is 48.1 Å². The van der Waals surface area contributed by atoms with Gasteiger partial charge in [0.15, 0.2) is 0 Å². The van der Waals surface area contributed by atoms with E-state index in [4.69, 9.17) is 10.5 Å². The minimum atomic E-state index is 0.408. The molecule has 0 amide bonds. The molecule has 14 heavy (non-hydrogen) atoms. The Bertz CT molecular complexity index is 310. The van der Waals surface area contributed by atoms with Crippen LogP contribution in [0.25, 0.3) is 0 Å². The van der Waals surface area contributed by atoms with Crippen molar-refractivity contribution in [3.05, 3.63) is 36.2 Å². The van der Waals surface area contributed by atoms with Crippen LogP contribution < -0.4 is 10.5 Å². The lowest BCUT2D eigenvalue weighted by molar-refractivity contribution is 0.319. The van der Waals surface area contributed by atoms with Crippen molar-refractivity contribution in [2.45, 2.75) is 19.9 Å². The summed E-state index contributed by atoms with van der Waals surface area (Å²) in [6.45, 7) is 6.60. The summed E-state index contributed by atoms with van der Waals surface area (Å²) < 4.78 is 5.51. The molecule has 3 heteroatoms. The van der Waals surface area contributed by atoms with Crippen LogP contribution in [0.5, 0.6) is 5.75 Å². The van der Waals surface area contributed by atoms with Gasteiger partial charge in [0.05, 0.1) is 12.3 Å². The van der Waals surface area contributed by atoms with Gasteiger partial charge in [-0.15, -0.1) is 6.58 Å². The summed E-state index contributed by atoms with van der Waals surface area (Å²) in [4.78, 5) is 4.29. The van der Waals surface area contributed by atoms with Crippen LogP contribution in [0.4, 0.5) is 0 Å². The largest absolute Gasteiger partial charge is 0.491 e. The Kier molecular flexibility index (Phi) is 4.13. The monoisotopic (exact) mass is 192 g/mol. The van der Waals surface area contributed by atoms with E-state index < -0.39 is 0 Å². The number of hydrogen-bond donors (Lipinski definition) is 1. The fourth-order valence-electron chi connectivity index (χ4n) is 1.13. The highest BCUT2D eigenvalue weighted by molar-refractivity contribution is 5.29. The van der Waals surface area contributed by atoms with Gasteiger partial charge in [-0.1, -0.05) is 6.08 Å². The van der Waals surface area contributed by atoms with Gasteiger partial charge in [0, 0.05) is 12.2 Å². The Morgan fingerprint density at radius 3 is 3.00 bits per heavy atom. The molecule has 0 unspecified atom stereocenters. The molecule has 0 bridgehead atoms. The lowest BCUT2D eigenvalue weighted by Gasteiger charge is -2.09. The van der Waals surface area contributed by atoms with Gasteiger partial charge in [-0.2, -0.15) is 0 Å². The fourth-order valence-corrected chi connectivity index (χ4v) is 1.13. The molecule has 1 aromatic rings. The van der Waals surface area contributed by atoms with E-state index in [1.807, 2.05) is 25.1 Å². The maximum Gasteiger partial charge on any atom is 0.142 e. The lowest BCUT2D eigenvalue weighted by atomic mass is 10.3. The molecule has 0 atom stereocenters. The van der Waals surface area contributed by atoms with Crippen LogP contribution >= 0.6 is 0 Å². The summed E-state index contributed by atoms with van der Waals surface area (Å²) in [6, 6.07) is 3.83. The highest BCUT2D eigenvalue weighted by Crippen LogP contribution is 2.16. The third kappa shape index (κ3) is 2.85. The minimum Gasteiger partial charge on any atom is -0.491 e. The van der Waals surface area contributed by atoms with Crippen molar-refractivity contribution in [3.8, 4) is 5.75 Å². The van der Waals surface area contributed by atoms with Gasteiger partial charge in [-0.25, -0.2) is 0 Å². The molecule has 1 aromatic heterocycles. The maximum absolute atomic E-state index is 5.56. The van der Waals surface area contributed by atoms with Crippen molar-refractivity contribution in [1.29, 1.82) is 0 Å². The molecule has 0 saturated carbocycles. The van der Waals surface area contributed by atoms with E-state index >= 15 is 0 Å². The Hall–Kier alpha value is -1.35. The zero-order valence-electron chi connectivity index (χ0n) is 8.49. The van der Waals surface area contributed by atoms with Crippen LogP contribution in [0.2, 0.25) is 0 Å². The Balaban J connectivity index is 2.69.